The Kier molecular flexibility index (Phi) is 7.17. The van der Waals surface area contributed by atoms with E-state index in [1.807, 2.05) is 6.07 Å². The van der Waals surface area contributed by atoms with E-state index >= 15 is 0 Å². The maximum Gasteiger partial charge on any atom is 0.326 e. The molecule has 1 atom stereocenters. The van der Waals surface area contributed by atoms with Crippen LogP contribution in [0.4, 0.5) is 5.82 Å². The van der Waals surface area contributed by atoms with Gasteiger partial charge in [0, 0.05) is 18.6 Å². The third kappa shape index (κ3) is 5.86. The number of rotatable bonds is 7. The molecule has 0 aliphatic carbocycles. The normalized spacial score (nSPS) is 11.5. The van der Waals surface area contributed by atoms with Crippen LogP contribution in [-0.4, -0.2) is 41.8 Å². The van der Waals surface area contributed by atoms with Gasteiger partial charge in [0.05, 0.1) is 0 Å². The van der Waals surface area contributed by atoms with Crippen molar-refractivity contribution in [1.82, 2.24) is 15.5 Å². The largest absolute Gasteiger partial charge is 0.451 e. The predicted octanol–water partition coefficient (Wildman–Crippen LogP) is 2.47. The van der Waals surface area contributed by atoms with Gasteiger partial charge in [-0.15, -0.1) is 10.2 Å². The molecule has 0 bridgehead atoms. The number of amides is 1. The Balaban J connectivity index is 1.81. The van der Waals surface area contributed by atoms with Crippen molar-refractivity contribution in [2.45, 2.75) is 19.6 Å². The molecule has 26 heavy (non-hydrogen) atoms. The second-order valence-electron chi connectivity index (χ2n) is 5.51. The number of esters is 1. The number of carbonyl (C=O) groups excluding carboxylic acids is 2. The van der Waals surface area contributed by atoms with Gasteiger partial charge in [0.15, 0.2) is 17.1 Å². The van der Waals surface area contributed by atoms with Gasteiger partial charge in [-0.2, -0.15) is 0 Å². The van der Waals surface area contributed by atoms with Crippen LogP contribution in [0.5, 0.6) is 0 Å². The highest BCUT2D eigenvalue weighted by atomic mass is 35.5. The molecule has 7 nitrogen and oxygen atoms in total. The third-order valence-electron chi connectivity index (χ3n) is 3.46. The van der Waals surface area contributed by atoms with E-state index in [4.69, 9.17) is 27.9 Å². The molecule has 0 aliphatic rings. The minimum Gasteiger partial charge on any atom is -0.451 e. The van der Waals surface area contributed by atoms with Gasteiger partial charge < -0.3 is 15.0 Å². The minimum absolute atomic E-state index is 0.0849. The summed E-state index contributed by atoms with van der Waals surface area (Å²) in [5.41, 5.74) is 0.780. The number of aromatic nitrogens is 2. The van der Waals surface area contributed by atoms with Crippen LogP contribution < -0.4 is 10.2 Å². The molecule has 1 N–H and O–H groups in total. The van der Waals surface area contributed by atoms with E-state index < -0.39 is 18.0 Å². The molecule has 0 aliphatic heterocycles. The summed E-state index contributed by atoms with van der Waals surface area (Å²) in [6.45, 7) is 1.67. The SMILES string of the molecule is CC(OC(=O)CN(C)c1ccc(Cl)nn1)C(=O)NCc1ccccc1Cl. The molecule has 138 valence electrons. The van der Waals surface area contributed by atoms with Crippen molar-refractivity contribution in [3.05, 3.63) is 52.1 Å². The lowest BCUT2D eigenvalue weighted by Crippen LogP contribution is -2.38. The fourth-order valence-corrected chi connectivity index (χ4v) is 2.35. The average molecular weight is 397 g/mol. The lowest BCUT2D eigenvalue weighted by atomic mass is 10.2. The first-order chi connectivity index (χ1) is 12.4. The van der Waals surface area contributed by atoms with Gasteiger partial charge in [0.2, 0.25) is 0 Å². The third-order valence-corrected chi connectivity index (χ3v) is 4.03. The van der Waals surface area contributed by atoms with E-state index in [9.17, 15) is 9.59 Å². The fourth-order valence-electron chi connectivity index (χ4n) is 2.04. The van der Waals surface area contributed by atoms with E-state index in [2.05, 4.69) is 15.5 Å². The summed E-state index contributed by atoms with van der Waals surface area (Å²) < 4.78 is 5.15. The zero-order valence-electron chi connectivity index (χ0n) is 14.3. The first-order valence-corrected chi connectivity index (χ1v) is 8.53. The molecule has 1 aromatic carbocycles. The Morgan fingerprint density at radius 2 is 1.92 bits per heavy atom. The van der Waals surface area contributed by atoms with Gasteiger partial charge >= 0.3 is 5.97 Å². The summed E-state index contributed by atoms with van der Waals surface area (Å²) in [5, 5.41) is 11.1. The lowest BCUT2D eigenvalue weighted by molar-refractivity contribution is -0.153. The Morgan fingerprint density at radius 1 is 1.19 bits per heavy atom. The zero-order valence-corrected chi connectivity index (χ0v) is 15.8. The maximum atomic E-state index is 12.1. The van der Waals surface area contributed by atoms with Crippen LogP contribution in [-0.2, 0) is 20.9 Å². The molecule has 1 aromatic heterocycles. The molecule has 0 spiro atoms. The molecular formula is C17H18Cl2N4O3. The topological polar surface area (TPSA) is 84.4 Å². The number of hydrogen-bond donors (Lipinski definition) is 1. The van der Waals surface area contributed by atoms with Crippen LogP contribution in [0.1, 0.15) is 12.5 Å². The van der Waals surface area contributed by atoms with E-state index in [0.29, 0.717) is 10.8 Å². The molecule has 1 heterocycles. The summed E-state index contributed by atoms with van der Waals surface area (Å²) in [6.07, 6.45) is -0.935. The van der Waals surface area contributed by atoms with Crippen LogP contribution in [0, 0.1) is 0 Å². The monoisotopic (exact) mass is 396 g/mol. The van der Waals surface area contributed by atoms with Crippen LogP contribution in [0.15, 0.2) is 36.4 Å². The lowest BCUT2D eigenvalue weighted by Gasteiger charge is -2.18. The van der Waals surface area contributed by atoms with Crippen LogP contribution in [0.2, 0.25) is 10.2 Å². The molecular weight excluding hydrogens is 379 g/mol. The number of carbonyl (C=O) groups is 2. The molecule has 1 amide bonds. The predicted molar refractivity (Wildman–Crippen MR) is 99.2 cm³/mol. The van der Waals surface area contributed by atoms with Crippen molar-refractivity contribution in [3.63, 3.8) is 0 Å². The zero-order chi connectivity index (χ0) is 19.1. The van der Waals surface area contributed by atoms with Crippen LogP contribution in [0.25, 0.3) is 0 Å². The Labute approximate surface area is 161 Å². The summed E-state index contributed by atoms with van der Waals surface area (Å²) in [4.78, 5) is 25.6. The molecule has 9 heteroatoms. The summed E-state index contributed by atoms with van der Waals surface area (Å²) in [5.74, 6) is -0.515. The molecule has 0 fully saturated rings. The number of nitrogens with one attached hydrogen (secondary N) is 1. The van der Waals surface area contributed by atoms with Crippen molar-refractivity contribution in [2.75, 3.05) is 18.5 Å². The second-order valence-corrected chi connectivity index (χ2v) is 6.31. The number of halogens is 2. The highest BCUT2D eigenvalue weighted by Crippen LogP contribution is 2.14. The van der Waals surface area contributed by atoms with Gasteiger partial charge in [-0.3, -0.25) is 9.59 Å². The van der Waals surface area contributed by atoms with Gasteiger partial charge in [-0.05, 0) is 30.7 Å². The Morgan fingerprint density at radius 3 is 2.58 bits per heavy atom. The van der Waals surface area contributed by atoms with E-state index in [-0.39, 0.29) is 18.2 Å². The number of anilines is 1. The van der Waals surface area contributed by atoms with Gasteiger partial charge in [0.1, 0.15) is 6.54 Å². The smallest absolute Gasteiger partial charge is 0.326 e. The summed E-state index contributed by atoms with van der Waals surface area (Å²) >= 11 is 11.7. The van der Waals surface area contributed by atoms with Gasteiger partial charge in [-0.1, -0.05) is 41.4 Å². The molecule has 2 aromatic rings. The number of nitrogens with zero attached hydrogens (tertiary/aromatic N) is 3. The molecule has 0 saturated heterocycles. The van der Waals surface area contributed by atoms with Crippen molar-refractivity contribution >= 4 is 40.9 Å². The van der Waals surface area contributed by atoms with Crippen molar-refractivity contribution < 1.29 is 14.3 Å². The molecule has 2 rings (SSSR count). The fraction of sp³-hybridized carbons (Fsp3) is 0.294. The molecule has 1 unspecified atom stereocenters. The average Bonchev–Trinajstić information content (AvgIpc) is 2.61. The maximum absolute atomic E-state index is 12.1. The van der Waals surface area contributed by atoms with Crippen molar-refractivity contribution in [2.24, 2.45) is 0 Å². The quantitative estimate of drug-likeness (QED) is 0.723. The van der Waals surface area contributed by atoms with Crippen molar-refractivity contribution in [3.8, 4) is 0 Å². The standard InChI is InChI=1S/C17H18Cl2N4O3/c1-11(17(25)20-9-12-5-3-4-6-13(12)18)26-16(24)10-23(2)15-8-7-14(19)21-22-15/h3-8,11H,9-10H2,1-2H3,(H,20,25). The Bertz CT molecular complexity index is 771. The van der Waals surface area contributed by atoms with Crippen molar-refractivity contribution in [1.29, 1.82) is 0 Å². The van der Waals surface area contributed by atoms with Gasteiger partial charge in [-0.25, -0.2) is 0 Å². The first-order valence-electron chi connectivity index (χ1n) is 7.78. The molecule has 0 radical (unpaired) electrons. The number of benzene rings is 1. The minimum atomic E-state index is -0.935. The summed E-state index contributed by atoms with van der Waals surface area (Å²) in [6, 6.07) is 10.4. The highest BCUT2D eigenvalue weighted by Gasteiger charge is 2.19. The second kappa shape index (κ2) is 9.35. The van der Waals surface area contributed by atoms with E-state index in [1.165, 1.54) is 6.92 Å². The van der Waals surface area contributed by atoms with E-state index in [0.717, 1.165) is 5.56 Å². The van der Waals surface area contributed by atoms with E-state index in [1.54, 1.807) is 42.3 Å². The van der Waals surface area contributed by atoms with Crippen LogP contribution in [0.3, 0.4) is 0 Å². The van der Waals surface area contributed by atoms with Gasteiger partial charge in [0.25, 0.3) is 5.91 Å². The number of ether oxygens (including phenoxy) is 1. The number of likely N-dealkylation sites (N-methyl/N-ethyl adjacent to an activating group) is 1. The number of hydrogen-bond acceptors (Lipinski definition) is 6. The van der Waals surface area contributed by atoms with Crippen LogP contribution >= 0.6 is 23.2 Å². The Hall–Kier alpha value is -2.38. The summed E-state index contributed by atoms with van der Waals surface area (Å²) in [7, 11) is 1.65. The highest BCUT2D eigenvalue weighted by molar-refractivity contribution is 6.31. The first kappa shape index (κ1) is 19.9. The molecule has 0 saturated carbocycles.